The maximum absolute atomic E-state index is 12.7. The normalized spacial score (nSPS) is 12.7. The highest BCUT2D eigenvalue weighted by Gasteiger charge is 2.73. The Kier molecular flexibility index (Phi) is 5.12. The first-order valence-electron chi connectivity index (χ1n) is 5.61. The zero-order valence-electron chi connectivity index (χ0n) is 11.0. The molecule has 22 heavy (non-hydrogen) atoms. The molecule has 5 nitrogen and oxygen atoms in total. The van der Waals surface area contributed by atoms with Gasteiger partial charge in [-0.1, -0.05) is 18.2 Å². The molecule has 0 unspecified atom stereocenters. The first-order valence-corrected chi connectivity index (χ1v) is 5.61. The van der Waals surface area contributed by atoms with Crippen molar-refractivity contribution in [1.29, 1.82) is 0 Å². The molecule has 0 saturated carbocycles. The maximum atomic E-state index is 12.7. The Morgan fingerprint density at radius 2 is 1.50 bits per heavy atom. The molecule has 0 aliphatic heterocycles. The number of methoxy groups -OCH3 is 1. The Balaban J connectivity index is 2.84. The van der Waals surface area contributed by atoms with E-state index in [1.165, 1.54) is 24.3 Å². The number of ether oxygens (including phenoxy) is 1. The number of amides is 2. The highest BCUT2D eigenvalue weighted by atomic mass is 19.4. The van der Waals surface area contributed by atoms with Crippen molar-refractivity contribution in [1.82, 2.24) is 10.7 Å². The van der Waals surface area contributed by atoms with Crippen molar-refractivity contribution in [3.8, 4) is 0 Å². The number of benzene rings is 1. The van der Waals surface area contributed by atoms with E-state index in [9.17, 15) is 31.1 Å². The molecule has 0 bridgehead atoms. The summed E-state index contributed by atoms with van der Waals surface area (Å²) >= 11 is 0. The van der Waals surface area contributed by atoms with Crippen LogP contribution >= 0.6 is 0 Å². The number of halogens is 6. The standard InChI is InChI=1S/C11H11F6N3O2/c1-22-9(10(12,13)14,11(15,16)17)18-8(21)20-19-7-5-3-2-4-6-7/h2-6,19H,1H3,(H2,18,20,21). The van der Waals surface area contributed by atoms with Gasteiger partial charge in [-0.05, 0) is 12.1 Å². The van der Waals surface area contributed by atoms with Crippen LogP contribution < -0.4 is 16.2 Å². The molecule has 0 aliphatic carbocycles. The van der Waals surface area contributed by atoms with Gasteiger partial charge in [-0.2, -0.15) is 26.3 Å². The molecular weight excluding hydrogens is 320 g/mol. The van der Waals surface area contributed by atoms with Gasteiger partial charge >= 0.3 is 24.1 Å². The molecule has 0 fully saturated rings. The van der Waals surface area contributed by atoms with Gasteiger partial charge in [0, 0.05) is 7.11 Å². The van der Waals surface area contributed by atoms with Gasteiger partial charge in [-0.3, -0.25) is 16.2 Å². The van der Waals surface area contributed by atoms with E-state index in [1.54, 1.807) is 11.5 Å². The number of hydrogen-bond acceptors (Lipinski definition) is 3. The second-order valence-corrected chi connectivity index (χ2v) is 3.95. The third-order valence-corrected chi connectivity index (χ3v) is 2.49. The molecule has 1 aromatic rings. The van der Waals surface area contributed by atoms with Gasteiger partial charge in [0.25, 0.3) is 0 Å². The Morgan fingerprint density at radius 1 is 1.00 bits per heavy atom. The molecule has 124 valence electrons. The summed E-state index contributed by atoms with van der Waals surface area (Å²) in [5.74, 6) is 0. The minimum atomic E-state index is -5.91. The van der Waals surface area contributed by atoms with Gasteiger partial charge < -0.3 is 4.74 Å². The minimum Gasteiger partial charge on any atom is -0.344 e. The van der Waals surface area contributed by atoms with Gasteiger partial charge in [-0.25, -0.2) is 4.79 Å². The molecule has 1 aromatic carbocycles. The van der Waals surface area contributed by atoms with Crippen LogP contribution in [-0.2, 0) is 4.74 Å². The summed E-state index contributed by atoms with van der Waals surface area (Å²) in [6, 6.07) is 5.77. The lowest BCUT2D eigenvalue weighted by Crippen LogP contribution is -2.70. The molecule has 2 amide bonds. The fraction of sp³-hybridized carbons (Fsp3) is 0.364. The number of nitrogens with one attached hydrogen (secondary N) is 3. The van der Waals surface area contributed by atoms with E-state index in [0.29, 0.717) is 0 Å². The second kappa shape index (κ2) is 6.30. The van der Waals surface area contributed by atoms with Crippen molar-refractivity contribution in [3.05, 3.63) is 30.3 Å². The zero-order valence-corrected chi connectivity index (χ0v) is 11.0. The summed E-state index contributed by atoms with van der Waals surface area (Å²) in [6.45, 7) is 0. The number of rotatable bonds is 4. The van der Waals surface area contributed by atoms with Crippen molar-refractivity contribution in [2.45, 2.75) is 18.1 Å². The summed E-state index contributed by atoms with van der Waals surface area (Å²) in [7, 11) is 0.186. The monoisotopic (exact) mass is 331 g/mol. The van der Waals surface area contributed by atoms with Crippen LogP contribution in [-0.4, -0.2) is 31.2 Å². The Morgan fingerprint density at radius 3 is 1.91 bits per heavy atom. The van der Waals surface area contributed by atoms with E-state index in [4.69, 9.17) is 0 Å². The smallest absolute Gasteiger partial charge is 0.344 e. The molecule has 11 heteroatoms. The Labute approximate surface area is 120 Å². The average molecular weight is 331 g/mol. The summed E-state index contributed by atoms with van der Waals surface area (Å²) in [5, 5.41) is 0.746. The molecule has 1 rings (SSSR count). The Hall–Kier alpha value is -2.17. The van der Waals surface area contributed by atoms with Gasteiger partial charge in [0.1, 0.15) is 0 Å². The predicted octanol–water partition coefficient (Wildman–Crippen LogP) is 2.78. The summed E-state index contributed by atoms with van der Waals surface area (Å²) in [4.78, 5) is 11.3. The molecule has 0 atom stereocenters. The van der Waals surface area contributed by atoms with E-state index < -0.39 is 24.1 Å². The van der Waals surface area contributed by atoms with Gasteiger partial charge in [0.15, 0.2) is 0 Å². The minimum absolute atomic E-state index is 0.186. The molecule has 3 N–H and O–H groups in total. The molecule has 0 aliphatic rings. The van der Waals surface area contributed by atoms with Crippen LogP contribution in [0.4, 0.5) is 36.8 Å². The SMILES string of the molecule is COC(NC(=O)NNc1ccccc1)(C(F)(F)F)C(F)(F)F. The second-order valence-electron chi connectivity index (χ2n) is 3.95. The van der Waals surface area contributed by atoms with Gasteiger partial charge in [0.05, 0.1) is 5.69 Å². The van der Waals surface area contributed by atoms with E-state index in [1.807, 2.05) is 0 Å². The van der Waals surface area contributed by atoms with Crippen molar-refractivity contribution < 1.29 is 35.9 Å². The largest absolute Gasteiger partial charge is 0.446 e. The molecule has 0 radical (unpaired) electrons. The lowest BCUT2D eigenvalue weighted by molar-refractivity contribution is -0.381. The summed E-state index contributed by atoms with van der Waals surface area (Å²) in [6.07, 6.45) is -11.8. The number of anilines is 1. The number of hydrazine groups is 1. The molecule has 0 spiro atoms. The third kappa shape index (κ3) is 3.72. The van der Waals surface area contributed by atoms with Crippen molar-refractivity contribution in [2.75, 3.05) is 12.5 Å². The lowest BCUT2D eigenvalue weighted by Gasteiger charge is -2.35. The van der Waals surface area contributed by atoms with Crippen LogP contribution in [0.5, 0.6) is 0 Å². The molecule has 0 heterocycles. The Bertz CT molecular complexity index is 489. The fourth-order valence-corrected chi connectivity index (χ4v) is 1.43. The number of carbonyl (C=O) groups excluding carboxylic acids is 1. The van der Waals surface area contributed by atoms with Crippen molar-refractivity contribution in [3.63, 3.8) is 0 Å². The number of urea groups is 1. The van der Waals surface area contributed by atoms with Crippen LogP contribution in [0.15, 0.2) is 30.3 Å². The quantitative estimate of drug-likeness (QED) is 0.452. The van der Waals surface area contributed by atoms with Crippen LogP contribution in [0.2, 0.25) is 0 Å². The van der Waals surface area contributed by atoms with Crippen LogP contribution in [0.3, 0.4) is 0 Å². The topological polar surface area (TPSA) is 62.4 Å². The van der Waals surface area contributed by atoms with Gasteiger partial charge in [0.2, 0.25) is 0 Å². The molecular formula is C11H11F6N3O2. The number of para-hydroxylation sites is 1. The fourth-order valence-electron chi connectivity index (χ4n) is 1.43. The zero-order chi connectivity index (χ0) is 17.0. The van der Waals surface area contributed by atoms with Gasteiger partial charge in [-0.15, -0.1) is 0 Å². The highest BCUT2D eigenvalue weighted by molar-refractivity contribution is 5.76. The number of alkyl halides is 6. The van der Waals surface area contributed by atoms with Crippen LogP contribution in [0.1, 0.15) is 0 Å². The van der Waals surface area contributed by atoms with E-state index in [-0.39, 0.29) is 12.8 Å². The number of carbonyl (C=O) groups is 1. The van der Waals surface area contributed by atoms with Crippen LogP contribution in [0.25, 0.3) is 0 Å². The summed E-state index contributed by atoms with van der Waals surface area (Å²) in [5.41, 5.74) is -0.773. The third-order valence-electron chi connectivity index (χ3n) is 2.49. The molecule has 0 aromatic heterocycles. The maximum Gasteiger partial charge on any atom is 0.446 e. The first-order chi connectivity index (χ1) is 10.0. The lowest BCUT2D eigenvalue weighted by atomic mass is 10.2. The van der Waals surface area contributed by atoms with Crippen molar-refractivity contribution >= 4 is 11.7 Å². The number of hydrogen-bond donors (Lipinski definition) is 3. The first kappa shape index (κ1) is 17.9. The van der Waals surface area contributed by atoms with E-state index in [0.717, 1.165) is 5.32 Å². The van der Waals surface area contributed by atoms with E-state index >= 15 is 0 Å². The molecule has 0 saturated heterocycles. The van der Waals surface area contributed by atoms with Crippen LogP contribution in [0, 0.1) is 0 Å². The predicted molar refractivity (Wildman–Crippen MR) is 63.6 cm³/mol. The highest BCUT2D eigenvalue weighted by Crippen LogP contribution is 2.43. The van der Waals surface area contributed by atoms with Crippen molar-refractivity contribution in [2.24, 2.45) is 0 Å². The average Bonchev–Trinajstić information content (AvgIpc) is 2.41. The van der Waals surface area contributed by atoms with E-state index in [2.05, 4.69) is 10.2 Å². The summed E-state index contributed by atoms with van der Waals surface area (Å²) < 4.78 is 79.7.